The van der Waals surface area contributed by atoms with E-state index in [0.29, 0.717) is 12.2 Å². The van der Waals surface area contributed by atoms with Crippen molar-refractivity contribution in [3.05, 3.63) is 48.3 Å². The van der Waals surface area contributed by atoms with E-state index in [2.05, 4.69) is 20.6 Å². The summed E-state index contributed by atoms with van der Waals surface area (Å²) < 4.78 is 13.4. The summed E-state index contributed by atoms with van der Waals surface area (Å²) in [6.07, 6.45) is 3.11. The molecule has 0 aliphatic carbocycles. The van der Waals surface area contributed by atoms with Crippen LogP contribution in [0.1, 0.15) is 12.6 Å². The van der Waals surface area contributed by atoms with Gasteiger partial charge in [-0.2, -0.15) is 0 Å². The second-order valence-corrected chi connectivity index (χ2v) is 3.93. The molecular formula is C13H13FN4O. The molecule has 1 heterocycles. The minimum Gasteiger partial charge on any atom is -0.379 e. The molecule has 0 spiro atoms. The molecule has 0 atom stereocenters. The fourth-order valence-corrected chi connectivity index (χ4v) is 1.54. The number of carbonyl (C=O) groups excluding carboxylic acids is 1. The number of carbonyl (C=O) groups is 1. The van der Waals surface area contributed by atoms with Gasteiger partial charge in [0.2, 0.25) is 5.91 Å². The van der Waals surface area contributed by atoms with Crippen molar-refractivity contribution in [3.8, 4) is 0 Å². The molecule has 1 aromatic carbocycles. The van der Waals surface area contributed by atoms with Gasteiger partial charge in [-0.05, 0) is 24.3 Å². The lowest BCUT2D eigenvalue weighted by Crippen LogP contribution is -2.08. The quantitative estimate of drug-likeness (QED) is 0.884. The Morgan fingerprint density at radius 2 is 2.21 bits per heavy atom. The largest absolute Gasteiger partial charge is 0.379 e. The number of hydrogen-bond acceptors (Lipinski definition) is 4. The van der Waals surface area contributed by atoms with E-state index in [9.17, 15) is 9.18 Å². The van der Waals surface area contributed by atoms with E-state index >= 15 is 0 Å². The summed E-state index contributed by atoms with van der Waals surface area (Å²) in [6.45, 7) is 1.83. The standard InChI is InChI=1S/C13H13FN4O/c1-9(19)18-13-6-10(2-3-12(13)14)16-7-11-4-5-15-8-17-11/h2-6,8,16H,7H2,1H3,(H,18,19). The molecule has 0 unspecified atom stereocenters. The number of aromatic nitrogens is 2. The van der Waals surface area contributed by atoms with Gasteiger partial charge < -0.3 is 10.6 Å². The topological polar surface area (TPSA) is 66.9 Å². The smallest absolute Gasteiger partial charge is 0.221 e. The molecule has 5 nitrogen and oxygen atoms in total. The van der Waals surface area contributed by atoms with Crippen LogP contribution in [0.25, 0.3) is 0 Å². The SMILES string of the molecule is CC(=O)Nc1cc(NCc2ccncn2)ccc1F. The minimum atomic E-state index is -0.470. The lowest BCUT2D eigenvalue weighted by Gasteiger charge is -2.09. The number of nitrogens with one attached hydrogen (secondary N) is 2. The van der Waals surface area contributed by atoms with Crippen LogP contribution in [0.15, 0.2) is 36.8 Å². The van der Waals surface area contributed by atoms with Gasteiger partial charge in [0, 0.05) is 18.8 Å². The first-order chi connectivity index (χ1) is 9.15. The van der Waals surface area contributed by atoms with Crippen LogP contribution in [0, 0.1) is 5.82 Å². The number of halogens is 1. The van der Waals surface area contributed by atoms with E-state index in [4.69, 9.17) is 0 Å². The van der Waals surface area contributed by atoms with Crippen molar-refractivity contribution in [1.29, 1.82) is 0 Å². The summed E-state index contributed by atoms with van der Waals surface area (Å²) in [5.74, 6) is -0.783. The molecule has 1 aromatic heterocycles. The minimum absolute atomic E-state index is 0.153. The van der Waals surface area contributed by atoms with Crippen LogP contribution in [0.4, 0.5) is 15.8 Å². The van der Waals surface area contributed by atoms with E-state index in [1.807, 2.05) is 0 Å². The van der Waals surface area contributed by atoms with Crippen molar-refractivity contribution in [1.82, 2.24) is 9.97 Å². The Morgan fingerprint density at radius 1 is 1.37 bits per heavy atom. The van der Waals surface area contributed by atoms with Crippen LogP contribution in [-0.4, -0.2) is 15.9 Å². The van der Waals surface area contributed by atoms with E-state index in [-0.39, 0.29) is 11.6 Å². The van der Waals surface area contributed by atoms with Gasteiger partial charge in [-0.1, -0.05) is 0 Å². The fourth-order valence-electron chi connectivity index (χ4n) is 1.54. The average molecular weight is 260 g/mol. The van der Waals surface area contributed by atoms with E-state index in [0.717, 1.165) is 5.69 Å². The van der Waals surface area contributed by atoms with Crippen molar-refractivity contribution in [3.63, 3.8) is 0 Å². The highest BCUT2D eigenvalue weighted by Gasteiger charge is 2.05. The van der Waals surface area contributed by atoms with Crippen molar-refractivity contribution in [2.45, 2.75) is 13.5 Å². The lowest BCUT2D eigenvalue weighted by molar-refractivity contribution is -0.114. The summed E-state index contributed by atoms with van der Waals surface area (Å²) in [5, 5.41) is 5.53. The molecular weight excluding hydrogens is 247 g/mol. The van der Waals surface area contributed by atoms with Crippen molar-refractivity contribution in [2.24, 2.45) is 0 Å². The molecule has 0 radical (unpaired) electrons. The number of anilines is 2. The van der Waals surface area contributed by atoms with Crippen molar-refractivity contribution >= 4 is 17.3 Å². The molecule has 0 saturated carbocycles. The molecule has 6 heteroatoms. The Kier molecular flexibility index (Phi) is 4.02. The molecule has 0 aliphatic heterocycles. The normalized spacial score (nSPS) is 10.0. The predicted octanol–water partition coefficient (Wildman–Crippen LogP) is 2.19. The van der Waals surface area contributed by atoms with Crippen LogP contribution in [0.3, 0.4) is 0 Å². The molecule has 0 saturated heterocycles. The van der Waals surface area contributed by atoms with Crippen LogP contribution < -0.4 is 10.6 Å². The van der Waals surface area contributed by atoms with Gasteiger partial charge in [-0.3, -0.25) is 4.79 Å². The highest BCUT2D eigenvalue weighted by atomic mass is 19.1. The van der Waals surface area contributed by atoms with Crippen LogP contribution >= 0.6 is 0 Å². The first kappa shape index (κ1) is 12.9. The van der Waals surface area contributed by atoms with Gasteiger partial charge in [-0.25, -0.2) is 14.4 Å². The molecule has 2 aromatic rings. The summed E-state index contributed by atoms with van der Waals surface area (Å²) in [6, 6.07) is 6.22. The van der Waals surface area contributed by atoms with Crippen LogP contribution in [0.2, 0.25) is 0 Å². The molecule has 19 heavy (non-hydrogen) atoms. The monoisotopic (exact) mass is 260 g/mol. The Balaban J connectivity index is 2.06. The first-order valence-corrected chi connectivity index (χ1v) is 5.71. The van der Waals surface area contributed by atoms with Gasteiger partial charge in [0.1, 0.15) is 12.1 Å². The highest BCUT2D eigenvalue weighted by Crippen LogP contribution is 2.19. The number of amides is 1. The third-order valence-corrected chi connectivity index (χ3v) is 2.39. The van der Waals surface area contributed by atoms with E-state index in [1.54, 1.807) is 18.3 Å². The molecule has 2 N–H and O–H groups in total. The Hall–Kier alpha value is -2.50. The maximum absolute atomic E-state index is 13.4. The van der Waals surface area contributed by atoms with Gasteiger partial charge in [0.15, 0.2) is 0 Å². The predicted molar refractivity (Wildman–Crippen MR) is 70.1 cm³/mol. The summed E-state index contributed by atoms with van der Waals surface area (Å²) in [7, 11) is 0. The second-order valence-electron chi connectivity index (χ2n) is 3.93. The highest BCUT2D eigenvalue weighted by molar-refractivity contribution is 5.89. The maximum Gasteiger partial charge on any atom is 0.221 e. The van der Waals surface area contributed by atoms with Crippen LogP contribution in [-0.2, 0) is 11.3 Å². The van der Waals surface area contributed by atoms with Gasteiger partial charge in [-0.15, -0.1) is 0 Å². The second kappa shape index (κ2) is 5.90. The zero-order valence-corrected chi connectivity index (χ0v) is 10.4. The fraction of sp³-hybridized carbons (Fsp3) is 0.154. The van der Waals surface area contributed by atoms with Crippen LogP contribution in [0.5, 0.6) is 0 Å². The molecule has 0 bridgehead atoms. The van der Waals surface area contributed by atoms with Gasteiger partial charge in [0.05, 0.1) is 17.9 Å². The average Bonchev–Trinajstić information content (AvgIpc) is 2.40. The summed E-state index contributed by atoms with van der Waals surface area (Å²) in [5.41, 5.74) is 1.67. The molecule has 98 valence electrons. The number of benzene rings is 1. The zero-order chi connectivity index (χ0) is 13.7. The molecule has 0 fully saturated rings. The Bertz CT molecular complexity index is 574. The third kappa shape index (κ3) is 3.74. The Labute approximate surface area is 109 Å². The molecule has 1 amide bonds. The summed E-state index contributed by atoms with van der Waals surface area (Å²) in [4.78, 5) is 18.8. The number of rotatable bonds is 4. The zero-order valence-electron chi connectivity index (χ0n) is 10.4. The van der Waals surface area contributed by atoms with E-state index < -0.39 is 5.82 Å². The number of hydrogen-bond donors (Lipinski definition) is 2. The third-order valence-electron chi connectivity index (χ3n) is 2.39. The molecule has 2 rings (SSSR count). The van der Waals surface area contributed by atoms with Gasteiger partial charge in [0.25, 0.3) is 0 Å². The van der Waals surface area contributed by atoms with E-state index in [1.165, 1.54) is 25.4 Å². The van der Waals surface area contributed by atoms with Crippen molar-refractivity contribution in [2.75, 3.05) is 10.6 Å². The van der Waals surface area contributed by atoms with Gasteiger partial charge >= 0.3 is 0 Å². The maximum atomic E-state index is 13.4. The summed E-state index contributed by atoms with van der Waals surface area (Å²) >= 11 is 0. The Morgan fingerprint density at radius 3 is 2.89 bits per heavy atom. The number of nitrogens with zero attached hydrogens (tertiary/aromatic N) is 2. The molecule has 0 aliphatic rings. The first-order valence-electron chi connectivity index (χ1n) is 5.71. The lowest BCUT2D eigenvalue weighted by atomic mass is 10.2. The van der Waals surface area contributed by atoms with Crippen molar-refractivity contribution < 1.29 is 9.18 Å².